The summed E-state index contributed by atoms with van der Waals surface area (Å²) >= 11 is 0. The molecule has 7 nitrogen and oxygen atoms in total. The number of nitrogens with zero attached hydrogens (tertiary/aromatic N) is 3. The van der Waals surface area contributed by atoms with Crippen molar-refractivity contribution in [3.63, 3.8) is 0 Å². The third-order valence-corrected chi connectivity index (χ3v) is 5.19. The van der Waals surface area contributed by atoms with E-state index in [9.17, 15) is 14.4 Å². The minimum atomic E-state index is -0.155. The zero-order valence-electron chi connectivity index (χ0n) is 16.2. The molecule has 4 rings (SSSR count). The van der Waals surface area contributed by atoms with Crippen LogP contribution in [0.5, 0.6) is 0 Å². The van der Waals surface area contributed by atoms with Crippen molar-refractivity contribution in [1.29, 1.82) is 0 Å². The highest BCUT2D eigenvalue weighted by atomic mass is 16.2. The Hall–Kier alpha value is -3.48. The van der Waals surface area contributed by atoms with Crippen LogP contribution in [0.1, 0.15) is 25.1 Å². The molecule has 0 radical (unpaired) electrons. The average Bonchev–Trinajstić information content (AvgIpc) is 3.16. The number of aromatic nitrogens is 2. The molecule has 0 unspecified atom stereocenters. The molecule has 1 N–H and O–H groups in total. The summed E-state index contributed by atoms with van der Waals surface area (Å²) in [6.07, 6.45) is 2.04. The highest BCUT2D eigenvalue weighted by molar-refractivity contribution is 5.96. The van der Waals surface area contributed by atoms with Gasteiger partial charge in [0.1, 0.15) is 5.82 Å². The van der Waals surface area contributed by atoms with Crippen LogP contribution in [0.25, 0.3) is 10.9 Å². The Balaban J connectivity index is 1.40. The van der Waals surface area contributed by atoms with E-state index in [2.05, 4.69) is 10.3 Å². The summed E-state index contributed by atoms with van der Waals surface area (Å²) in [4.78, 5) is 42.9. The van der Waals surface area contributed by atoms with E-state index in [1.54, 1.807) is 36.2 Å². The van der Waals surface area contributed by atoms with Crippen LogP contribution in [0, 0.1) is 0 Å². The van der Waals surface area contributed by atoms with Crippen LogP contribution in [-0.2, 0) is 23.1 Å². The van der Waals surface area contributed by atoms with Gasteiger partial charge in [-0.3, -0.25) is 19.0 Å². The lowest BCUT2D eigenvalue weighted by molar-refractivity contribution is -0.117. The highest BCUT2D eigenvalue weighted by Crippen LogP contribution is 2.23. The lowest BCUT2D eigenvalue weighted by atomic mass is 10.2. The maximum absolute atomic E-state index is 12.4. The highest BCUT2D eigenvalue weighted by Gasteiger charge is 2.21. The summed E-state index contributed by atoms with van der Waals surface area (Å²) < 4.78 is 1.50. The molecule has 1 aliphatic heterocycles. The number of fused-ring (bicyclic) bond motifs is 1. The van der Waals surface area contributed by atoms with Crippen molar-refractivity contribution in [1.82, 2.24) is 9.55 Å². The van der Waals surface area contributed by atoms with Crippen LogP contribution in [0.4, 0.5) is 11.4 Å². The van der Waals surface area contributed by atoms with Crippen LogP contribution in [0.15, 0.2) is 53.3 Å². The topological polar surface area (TPSA) is 84.3 Å². The number of hydrogen-bond acceptors (Lipinski definition) is 4. The standard InChI is InChI=1S/C22H22N4O3/c1-25-19(24-18-6-3-2-5-17(18)22(25)29)12-13-20(27)23-15-8-10-16(11-9-15)26-14-4-7-21(26)28/h2-3,5-6,8-11H,4,7,12-14H2,1H3,(H,23,27). The summed E-state index contributed by atoms with van der Waals surface area (Å²) in [5.41, 5.74) is 2.04. The Morgan fingerprint density at radius 1 is 1.10 bits per heavy atom. The minimum Gasteiger partial charge on any atom is -0.326 e. The lowest BCUT2D eigenvalue weighted by Gasteiger charge is -2.16. The summed E-state index contributed by atoms with van der Waals surface area (Å²) in [6.45, 7) is 0.738. The van der Waals surface area contributed by atoms with Crippen LogP contribution < -0.4 is 15.8 Å². The van der Waals surface area contributed by atoms with Gasteiger partial charge in [-0.2, -0.15) is 0 Å². The molecule has 29 heavy (non-hydrogen) atoms. The van der Waals surface area contributed by atoms with Crippen molar-refractivity contribution < 1.29 is 9.59 Å². The van der Waals surface area contributed by atoms with Gasteiger partial charge in [-0.05, 0) is 42.8 Å². The molecule has 0 atom stereocenters. The number of rotatable bonds is 5. The molecular weight excluding hydrogens is 368 g/mol. The second-order valence-corrected chi connectivity index (χ2v) is 7.15. The van der Waals surface area contributed by atoms with E-state index in [4.69, 9.17) is 0 Å². The second-order valence-electron chi connectivity index (χ2n) is 7.15. The molecule has 7 heteroatoms. The number of hydrogen-bond donors (Lipinski definition) is 1. The molecule has 0 saturated carbocycles. The molecule has 148 valence electrons. The number of anilines is 2. The molecule has 1 aromatic heterocycles. The first-order chi connectivity index (χ1) is 14.0. The van der Waals surface area contributed by atoms with Crippen LogP contribution in [0.2, 0.25) is 0 Å². The summed E-state index contributed by atoms with van der Waals surface area (Å²) in [5, 5.41) is 3.42. The molecule has 1 fully saturated rings. The van der Waals surface area contributed by atoms with Gasteiger partial charge in [0.15, 0.2) is 0 Å². The van der Waals surface area contributed by atoms with Crippen LogP contribution in [-0.4, -0.2) is 27.9 Å². The monoisotopic (exact) mass is 390 g/mol. The third kappa shape index (κ3) is 3.89. The van der Waals surface area contributed by atoms with E-state index in [1.165, 1.54) is 4.57 Å². The van der Waals surface area contributed by atoms with E-state index in [0.717, 1.165) is 18.7 Å². The SMILES string of the molecule is Cn1c(CCC(=O)Nc2ccc(N3CCCC3=O)cc2)nc2ccccc2c1=O. The van der Waals surface area contributed by atoms with Gasteiger partial charge in [0.25, 0.3) is 5.56 Å². The first-order valence-corrected chi connectivity index (χ1v) is 9.68. The summed E-state index contributed by atoms with van der Waals surface area (Å²) in [5.74, 6) is 0.555. The van der Waals surface area contributed by atoms with Crippen molar-refractivity contribution in [2.75, 3.05) is 16.8 Å². The van der Waals surface area contributed by atoms with Gasteiger partial charge in [0, 0.05) is 44.2 Å². The molecule has 0 bridgehead atoms. The van der Waals surface area contributed by atoms with Crippen molar-refractivity contribution in [3.8, 4) is 0 Å². The molecular formula is C22H22N4O3. The fourth-order valence-electron chi connectivity index (χ4n) is 3.58. The van der Waals surface area contributed by atoms with Crippen molar-refractivity contribution in [2.45, 2.75) is 25.7 Å². The Bertz CT molecular complexity index is 1130. The maximum Gasteiger partial charge on any atom is 0.261 e. The van der Waals surface area contributed by atoms with Crippen LogP contribution >= 0.6 is 0 Å². The van der Waals surface area contributed by atoms with Gasteiger partial charge in [0.05, 0.1) is 10.9 Å². The van der Waals surface area contributed by atoms with Crippen molar-refractivity contribution in [3.05, 3.63) is 64.7 Å². The third-order valence-electron chi connectivity index (χ3n) is 5.19. The molecule has 2 aromatic carbocycles. The minimum absolute atomic E-state index is 0.113. The molecule has 2 heterocycles. The van der Waals surface area contributed by atoms with E-state index >= 15 is 0 Å². The largest absolute Gasteiger partial charge is 0.326 e. The van der Waals surface area contributed by atoms with Gasteiger partial charge in [0.2, 0.25) is 11.8 Å². The predicted molar refractivity (Wildman–Crippen MR) is 112 cm³/mol. The zero-order valence-corrected chi connectivity index (χ0v) is 16.2. The Kier molecular flexibility index (Phi) is 5.12. The van der Waals surface area contributed by atoms with Gasteiger partial charge < -0.3 is 10.2 Å². The normalized spacial score (nSPS) is 13.8. The lowest BCUT2D eigenvalue weighted by Crippen LogP contribution is -2.24. The zero-order chi connectivity index (χ0) is 20.4. The summed E-state index contributed by atoms with van der Waals surface area (Å²) in [6, 6.07) is 14.5. The van der Waals surface area contributed by atoms with E-state index in [1.807, 2.05) is 24.3 Å². The summed E-state index contributed by atoms with van der Waals surface area (Å²) in [7, 11) is 1.67. The smallest absolute Gasteiger partial charge is 0.261 e. The first kappa shape index (κ1) is 18.9. The van der Waals surface area contributed by atoms with Crippen LogP contribution in [0.3, 0.4) is 0 Å². The fraction of sp³-hybridized carbons (Fsp3) is 0.273. The van der Waals surface area contributed by atoms with Gasteiger partial charge >= 0.3 is 0 Å². The molecule has 3 aromatic rings. The van der Waals surface area contributed by atoms with E-state index in [-0.39, 0.29) is 23.8 Å². The van der Waals surface area contributed by atoms with Crippen molar-refractivity contribution in [2.24, 2.45) is 7.05 Å². The number of aryl methyl sites for hydroxylation is 1. The Labute approximate surface area is 168 Å². The Morgan fingerprint density at radius 2 is 1.86 bits per heavy atom. The van der Waals surface area contributed by atoms with Gasteiger partial charge in [-0.25, -0.2) is 4.98 Å². The van der Waals surface area contributed by atoms with Gasteiger partial charge in [-0.15, -0.1) is 0 Å². The first-order valence-electron chi connectivity index (χ1n) is 9.68. The molecule has 1 aliphatic rings. The molecule has 0 aliphatic carbocycles. The number of nitrogens with one attached hydrogen (secondary N) is 1. The predicted octanol–water partition coefficient (Wildman–Crippen LogP) is 2.63. The number of carbonyl (C=O) groups excluding carboxylic acids is 2. The molecule has 1 saturated heterocycles. The van der Waals surface area contributed by atoms with Gasteiger partial charge in [-0.1, -0.05) is 12.1 Å². The average molecular weight is 390 g/mol. The fourth-order valence-corrected chi connectivity index (χ4v) is 3.58. The molecule has 0 spiro atoms. The number of carbonyl (C=O) groups is 2. The van der Waals surface area contributed by atoms with Crippen molar-refractivity contribution >= 4 is 34.1 Å². The quantitative estimate of drug-likeness (QED) is 0.726. The second kappa shape index (κ2) is 7.87. The van der Waals surface area contributed by atoms with E-state index < -0.39 is 0 Å². The molecule has 2 amide bonds. The number of amides is 2. The van der Waals surface area contributed by atoms with E-state index in [0.29, 0.717) is 35.3 Å². The number of benzene rings is 2. The maximum atomic E-state index is 12.4. The number of para-hydroxylation sites is 1. The Morgan fingerprint density at radius 3 is 2.59 bits per heavy atom.